The van der Waals surface area contributed by atoms with Gasteiger partial charge in [-0.05, 0) is 44.6 Å². The minimum Gasteiger partial charge on any atom is -0.387 e. The SMILES string of the molecule is CCCN(CCN(C)C)C1Cc2ccccc2C1O. The quantitative estimate of drug-likeness (QED) is 0.848. The van der Waals surface area contributed by atoms with Gasteiger partial charge in [-0.15, -0.1) is 0 Å². The third kappa shape index (κ3) is 3.35. The molecule has 2 rings (SSSR count). The molecule has 0 aliphatic heterocycles. The van der Waals surface area contributed by atoms with Crippen molar-refractivity contribution in [2.24, 2.45) is 0 Å². The molecular formula is C16H26N2O. The van der Waals surface area contributed by atoms with E-state index >= 15 is 0 Å². The molecule has 1 N–H and O–H groups in total. The van der Waals surface area contributed by atoms with E-state index in [0.29, 0.717) is 0 Å². The van der Waals surface area contributed by atoms with Gasteiger partial charge < -0.3 is 10.0 Å². The lowest BCUT2D eigenvalue weighted by molar-refractivity contribution is 0.0567. The Kier molecular flexibility index (Phi) is 4.97. The fourth-order valence-electron chi connectivity index (χ4n) is 2.94. The molecule has 0 fully saturated rings. The van der Waals surface area contributed by atoms with Crippen LogP contribution in [0.1, 0.15) is 30.6 Å². The van der Waals surface area contributed by atoms with Crippen LogP contribution >= 0.6 is 0 Å². The van der Waals surface area contributed by atoms with E-state index in [4.69, 9.17) is 0 Å². The molecule has 106 valence electrons. The first-order chi connectivity index (χ1) is 9.13. The van der Waals surface area contributed by atoms with Crippen LogP contribution in [0.3, 0.4) is 0 Å². The van der Waals surface area contributed by atoms with Gasteiger partial charge in [0.2, 0.25) is 0 Å². The third-order valence-corrected chi connectivity index (χ3v) is 3.98. The van der Waals surface area contributed by atoms with Crippen LogP contribution in [-0.2, 0) is 6.42 Å². The van der Waals surface area contributed by atoms with Crippen molar-refractivity contribution in [3.8, 4) is 0 Å². The predicted octanol–water partition coefficient (Wildman–Crippen LogP) is 1.92. The summed E-state index contributed by atoms with van der Waals surface area (Å²) in [5.41, 5.74) is 2.43. The topological polar surface area (TPSA) is 26.7 Å². The first-order valence-electron chi connectivity index (χ1n) is 7.28. The molecule has 2 atom stereocenters. The molecule has 2 unspecified atom stereocenters. The van der Waals surface area contributed by atoms with Crippen LogP contribution in [0.2, 0.25) is 0 Å². The van der Waals surface area contributed by atoms with Gasteiger partial charge in [-0.25, -0.2) is 0 Å². The lowest BCUT2D eigenvalue weighted by atomic mass is 10.1. The van der Waals surface area contributed by atoms with Crippen LogP contribution in [-0.4, -0.2) is 54.7 Å². The Balaban J connectivity index is 2.07. The van der Waals surface area contributed by atoms with Crippen LogP contribution in [0.15, 0.2) is 24.3 Å². The van der Waals surface area contributed by atoms with E-state index in [1.807, 2.05) is 6.07 Å². The molecule has 0 spiro atoms. The smallest absolute Gasteiger partial charge is 0.0951 e. The third-order valence-electron chi connectivity index (χ3n) is 3.98. The van der Waals surface area contributed by atoms with Crippen LogP contribution in [0.25, 0.3) is 0 Å². The highest BCUT2D eigenvalue weighted by molar-refractivity contribution is 5.35. The molecule has 0 aromatic heterocycles. The first-order valence-corrected chi connectivity index (χ1v) is 7.28. The Bertz CT molecular complexity index is 405. The molecule has 0 saturated heterocycles. The average molecular weight is 262 g/mol. The molecule has 3 heteroatoms. The Morgan fingerprint density at radius 2 is 1.89 bits per heavy atom. The lowest BCUT2D eigenvalue weighted by Crippen LogP contribution is -2.42. The minimum atomic E-state index is -0.329. The van der Waals surface area contributed by atoms with Crippen LogP contribution in [0.5, 0.6) is 0 Å². The van der Waals surface area contributed by atoms with Gasteiger partial charge in [0, 0.05) is 19.1 Å². The summed E-state index contributed by atoms with van der Waals surface area (Å²) in [5.74, 6) is 0. The van der Waals surface area contributed by atoms with Gasteiger partial charge in [0.05, 0.1) is 6.10 Å². The number of hydrogen-bond acceptors (Lipinski definition) is 3. The van der Waals surface area contributed by atoms with E-state index in [-0.39, 0.29) is 12.1 Å². The molecule has 19 heavy (non-hydrogen) atoms. The highest BCUT2D eigenvalue weighted by Gasteiger charge is 2.34. The maximum Gasteiger partial charge on any atom is 0.0951 e. The zero-order valence-corrected chi connectivity index (χ0v) is 12.3. The highest BCUT2D eigenvalue weighted by Crippen LogP contribution is 2.34. The Morgan fingerprint density at radius 3 is 2.53 bits per heavy atom. The van der Waals surface area contributed by atoms with Gasteiger partial charge in [0.1, 0.15) is 0 Å². The van der Waals surface area contributed by atoms with Crippen LogP contribution in [0, 0.1) is 0 Å². The number of aliphatic hydroxyl groups excluding tert-OH is 1. The second-order valence-electron chi connectivity index (χ2n) is 5.75. The van der Waals surface area contributed by atoms with Crippen molar-refractivity contribution in [3.63, 3.8) is 0 Å². The summed E-state index contributed by atoms with van der Waals surface area (Å²) in [6.45, 7) is 5.33. The van der Waals surface area contributed by atoms with Crippen molar-refractivity contribution in [1.29, 1.82) is 0 Å². The van der Waals surface area contributed by atoms with Gasteiger partial charge in [-0.1, -0.05) is 31.2 Å². The average Bonchev–Trinajstić information content (AvgIpc) is 2.72. The number of aliphatic hydroxyl groups is 1. The highest BCUT2D eigenvalue weighted by atomic mass is 16.3. The van der Waals surface area contributed by atoms with Crippen molar-refractivity contribution in [2.75, 3.05) is 33.7 Å². The van der Waals surface area contributed by atoms with Crippen molar-refractivity contribution >= 4 is 0 Å². The Morgan fingerprint density at radius 1 is 1.16 bits per heavy atom. The first kappa shape index (κ1) is 14.5. The second kappa shape index (κ2) is 6.51. The maximum absolute atomic E-state index is 10.5. The standard InChI is InChI=1S/C16H26N2O/c1-4-9-18(11-10-17(2)3)15-12-13-7-5-6-8-14(13)16(15)19/h5-8,15-16,19H,4,9-12H2,1-3H3. The summed E-state index contributed by atoms with van der Waals surface area (Å²) in [6.07, 6.45) is 1.78. The summed E-state index contributed by atoms with van der Waals surface area (Å²) in [6, 6.07) is 8.55. The van der Waals surface area contributed by atoms with E-state index in [1.165, 1.54) is 5.56 Å². The molecule has 1 aromatic carbocycles. The molecule has 3 nitrogen and oxygen atoms in total. The predicted molar refractivity (Wildman–Crippen MR) is 79.3 cm³/mol. The number of hydrogen-bond donors (Lipinski definition) is 1. The molecule has 1 aliphatic rings. The molecular weight excluding hydrogens is 236 g/mol. The van der Waals surface area contributed by atoms with E-state index in [9.17, 15) is 5.11 Å². The zero-order chi connectivity index (χ0) is 13.8. The summed E-state index contributed by atoms with van der Waals surface area (Å²) in [4.78, 5) is 4.65. The Hall–Kier alpha value is -0.900. The molecule has 0 amide bonds. The number of benzene rings is 1. The van der Waals surface area contributed by atoms with Crippen LogP contribution in [0.4, 0.5) is 0 Å². The van der Waals surface area contributed by atoms with E-state index in [0.717, 1.165) is 38.0 Å². The van der Waals surface area contributed by atoms with Crippen molar-refractivity contribution in [2.45, 2.75) is 31.9 Å². The Labute approximate surface area is 116 Å². The monoisotopic (exact) mass is 262 g/mol. The van der Waals surface area contributed by atoms with Crippen molar-refractivity contribution in [3.05, 3.63) is 35.4 Å². The second-order valence-corrected chi connectivity index (χ2v) is 5.75. The summed E-state index contributed by atoms with van der Waals surface area (Å²) in [7, 11) is 4.20. The molecule has 1 aliphatic carbocycles. The molecule has 1 aromatic rings. The summed E-state index contributed by atoms with van der Waals surface area (Å²) in [5, 5.41) is 10.5. The fourth-order valence-corrected chi connectivity index (χ4v) is 2.94. The fraction of sp³-hybridized carbons (Fsp3) is 0.625. The van der Waals surface area contributed by atoms with Gasteiger partial charge in [-0.3, -0.25) is 4.90 Å². The molecule has 0 bridgehead atoms. The lowest BCUT2D eigenvalue weighted by Gasteiger charge is -2.31. The van der Waals surface area contributed by atoms with Gasteiger partial charge >= 0.3 is 0 Å². The van der Waals surface area contributed by atoms with Crippen molar-refractivity contribution in [1.82, 2.24) is 9.80 Å². The van der Waals surface area contributed by atoms with E-state index < -0.39 is 0 Å². The minimum absolute atomic E-state index is 0.247. The number of rotatable bonds is 6. The van der Waals surface area contributed by atoms with E-state index in [1.54, 1.807) is 0 Å². The van der Waals surface area contributed by atoms with Gasteiger partial charge in [-0.2, -0.15) is 0 Å². The number of fused-ring (bicyclic) bond motifs is 1. The summed E-state index contributed by atoms with van der Waals surface area (Å²) >= 11 is 0. The van der Waals surface area contributed by atoms with E-state index in [2.05, 4.69) is 49.0 Å². The van der Waals surface area contributed by atoms with Gasteiger partial charge in [0.25, 0.3) is 0 Å². The van der Waals surface area contributed by atoms with Gasteiger partial charge in [0.15, 0.2) is 0 Å². The molecule has 0 radical (unpaired) electrons. The molecule has 0 saturated carbocycles. The largest absolute Gasteiger partial charge is 0.387 e. The maximum atomic E-state index is 10.5. The van der Waals surface area contributed by atoms with Crippen molar-refractivity contribution < 1.29 is 5.11 Å². The van der Waals surface area contributed by atoms with Crippen LogP contribution < -0.4 is 0 Å². The number of nitrogens with zero attached hydrogens (tertiary/aromatic N) is 2. The number of likely N-dealkylation sites (N-methyl/N-ethyl adjacent to an activating group) is 1. The summed E-state index contributed by atoms with van der Waals surface area (Å²) < 4.78 is 0. The normalized spacial score (nSPS) is 22.2. The zero-order valence-electron chi connectivity index (χ0n) is 12.3. The molecule has 0 heterocycles.